The monoisotopic (exact) mass is 253 g/mol. The largest absolute Gasteiger partial charge is 0.409 e. The maximum absolute atomic E-state index is 12.9. The molecular formula is C13H20FN3O. The number of aryl methyl sites for hydroxylation is 1. The predicted octanol–water partition coefficient (Wildman–Crippen LogP) is 1.79. The van der Waals surface area contributed by atoms with Crippen LogP contribution in [0.25, 0.3) is 0 Å². The van der Waals surface area contributed by atoms with Crippen LogP contribution in [0.5, 0.6) is 0 Å². The van der Waals surface area contributed by atoms with E-state index >= 15 is 0 Å². The van der Waals surface area contributed by atoms with Crippen LogP contribution in [-0.4, -0.2) is 24.1 Å². The number of hydrogen-bond donors (Lipinski definition) is 3. The molecule has 0 saturated heterocycles. The van der Waals surface area contributed by atoms with Crippen molar-refractivity contribution in [2.45, 2.75) is 26.2 Å². The number of nitrogens with one attached hydrogen (secondary N) is 1. The number of nitrogens with zero attached hydrogens (tertiary/aromatic N) is 1. The van der Waals surface area contributed by atoms with Gasteiger partial charge in [-0.25, -0.2) is 4.39 Å². The molecule has 0 atom stereocenters. The van der Waals surface area contributed by atoms with Gasteiger partial charge in [-0.1, -0.05) is 11.2 Å². The van der Waals surface area contributed by atoms with Gasteiger partial charge in [-0.15, -0.1) is 0 Å². The minimum Gasteiger partial charge on any atom is -0.409 e. The molecule has 18 heavy (non-hydrogen) atoms. The van der Waals surface area contributed by atoms with E-state index in [2.05, 4.69) is 10.5 Å². The zero-order valence-corrected chi connectivity index (χ0v) is 10.6. The lowest BCUT2D eigenvalue weighted by Gasteiger charge is -2.07. The fraction of sp³-hybridized carbons (Fsp3) is 0.462. The van der Waals surface area contributed by atoms with Gasteiger partial charge < -0.3 is 16.3 Å². The molecule has 0 bridgehead atoms. The summed E-state index contributed by atoms with van der Waals surface area (Å²) in [7, 11) is 0. The normalized spacial score (nSPS) is 11.8. The molecular weight excluding hydrogens is 233 g/mol. The zero-order chi connectivity index (χ0) is 13.4. The second-order valence-corrected chi connectivity index (χ2v) is 4.27. The minimum absolute atomic E-state index is 0.192. The molecule has 0 spiro atoms. The molecule has 0 radical (unpaired) electrons. The van der Waals surface area contributed by atoms with Gasteiger partial charge in [0.05, 0.1) is 0 Å². The molecule has 100 valence electrons. The second kappa shape index (κ2) is 7.66. The van der Waals surface area contributed by atoms with Crippen molar-refractivity contribution in [3.63, 3.8) is 0 Å². The van der Waals surface area contributed by atoms with E-state index in [9.17, 15) is 4.39 Å². The Balaban J connectivity index is 2.18. The topological polar surface area (TPSA) is 70.6 Å². The molecule has 1 aromatic rings. The Morgan fingerprint density at radius 3 is 2.89 bits per heavy atom. The van der Waals surface area contributed by atoms with Gasteiger partial charge in [0.1, 0.15) is 11.7 Å². The van der Waals surface area contributed by atoms with Crippen LogP contribution in [-0.2, 0) is 6.42 Å². The van der Waals surface area contributed by atoms with Gasteiger partial charge >= 0.3 is 0 Å². The first kappa shape index (κ1) is 14.4. The van der Waals surface area contributed by atoms with Crippen LogP contribution in [0.2, 0.25) is 0 Å². The first-order chi connectivity index (χ1) is 8.63. The van der Waals surface area contributed by atoms with Crippen molar-refractivity contribution < 1.29 is 9.60 Å². The molecule has 0 aliphatic carbocycles. The number of nitrogens with two attached hydrogens (primary N) is 1. The van der Waals surface area contributed by atoms with Gasteiger partial charge in [0, 0.05) is 6.42 Å². The van der Waals surface area contributed by atoms with E-state index in [1.54, 1.807) is 6.07 Å². The van der Waals surface area contributed by atoms with Crippen LogP contribution in [0, 0.1) is 12.7 Å². The van der Waals surface area contributed by atoms with Crippen molar-refractivity contribution >= 4 is 5.84 Å². The minimum atomic E-state index is -0.192. The highest BCUT2D eigenvalue weighted by atomic mass is 19.1. The first-order valence-corrected chi connectivity index (χ1v) is 6.05. The molecule has 0 aromatic heterocycles. The maximum atomic E-state index is 12.9. The summed E-state index contributed by atoms with van der Waals surface area (Å²) in [5.74, 6) is 0.0640. The third-order valence-corrected chi connectivity index (χ3v) is 2.79. The zero-order valence-electron chi connectivity index (χ0n) is 10.6. The summed E-state index contributed by atoms with van der Waals surface area (Å²) in [5, 5.41) is 14.5. The van der Waals surface area contributed by atoms with E-state index in [4.69, 9.17) is 10.9 Å². The van der Waals surface area contributed by atoms with E-state index in [1.165, 1.54) is 6.07 Å². The van der Waals surface area contributed by atoms with Gasteiger partial charge in [-0.05, 0) is 56.1 Å². The van der Waals surface area contributed by atoms with Crippen molar-refractivity contribution in [2.24, 2.45) is 10.9 Å². The van der Waals surface area contributed by atoms with E-state index in [1.807, 2.05) is 13.0 Å². The summed E-state index contributed by atoms with van der Waals surface area (Å²) < 4.78 is 12.9. The van der Waals surface area contributed by atoms with E-state index in [0.29, 0.717) is 6.42 Å². The lowest BCUT2D eigenvalue weighted by Crippen LogP contribution is -2.21. The Morgan fingerprint density at radius 1 is 1.44 bits per heavy atom. The number of rotatable bonds is 7. The molecule has 1 rings (SSSR count). The number of benzene rings is 1. The molecule has 4 nitrogen and oxygen atoms in total. The maximum Gasteiger partial charge on any atom is 0.139 e. The number of hydrogen-bond acceptors (Lipinski definition) is 3. The molecule has 4 N–H and O–H groups in total. The summed E-state index contributed by atoms with van der Waals surface area (Å²) in [6.07, 6.45) is 2.28. The Morgan fingerprint density at radius 2 is 2.22 bits per heavy atom. The van der Waals surface area contributed by atoms with E-state index < -0.39 is 0 Å². The molecule has 0 aliphatic rings. The highest BCUT2D eigenvalue weighted by molar-refractivity contribution is 5.79. The molecule has 5 heteroatoms. The summed E-state index contributed by atoms with van der Waals surface area (Å²) in [4.78, 5) is 0. The van der Waals surface area contributed by atoms with E-state index in [0.717, 1.165) is 37.1 Å². The van der Waals surface area contributed by atoms with Crippen LogP contribution < -0.4 is 11.1 Å². The van der Waals surface area contributed by atoms with Gasteiger partial charge in [0.25, 0.3) is 0 Å². The number of halogens is 1. The summed E-state index contributed by atoms with van der Waals surface area (Å²) >= 11 is 0. The lowest BCUT2D eigenvalue weighted by molar-refractivity contribution is 0.316. The third kappa shape index (κ3) is 5.14. The summed E-state index contributed by atoms with van der Waals surface area (Å²) in [6, 6.07) is 4.86. The van der Waals surface area contributed by atoms with Crippen LogP contribution in [0.15, 0.2) is 23.4 Å². The highest BCUT2D eigenvalue weighted by Gasteiger charge is 2.00. The van der Waals surface area contributed by atoms with Crippen LogP contribution in [0.1, 0.15) is 24.0 Å². The van der Waals surface area contributed by atoms with Crippen LogP contribution in [0.4, 0.5) is 4.39 Å². The third-order valence-electron chi connectivity index (χ3n) is 2.79. The molecule has 0 saturated carbocycles. The average Bonchev–Trinajstić information content (AvgIpc) is 2.35. The molecule has 1 aromatic carbocycles. The highest BCUT2D eigenvalue weighted by Crippen LogP contribution is 2.10. The second-order valence-electron chi connectivity index (χ2n) is 4.27. The average molecular weight is 253 g/mol. The Bertz CT molecular complexity index is 407. The Kier molecular flexibility index (Phi) is 6.14. The van der Waals surface area contributed by atoms with Gasteiger partial charge in [0.15, 0.2) is 0 Å². The van der Waals surface area contributed by atoms with Crippen LogP contribution in [0.3, 0.4) is 0 Å². The summed E-state index contributed by atoms with van der Waals surface area (Å²) in [5.41, 5.74) is 7.48. The van der Waals surface area contributed by atoms with Crippen molar-refractivity contribution in [2.75, 3.05) is 13.1 Å². The lowest BCUT2D eigenvalue weighted by atomic mass is 10.1. The van der Waals surface area contributed by atoms with E-state index in [-0.39, 0.29) is 11.7 Å². The van der Waals surface area contributed by atoms with Crippen molar-refractivity contribution in [3.8, 4) is 0 Å². The number of amidine groups is 1. The molecule has 0 heterocycles. The Hall–Kier alpha value is -1.62. The fourth-order valence-electron chi connectivity index (χ4n) is 1.73. The Labute approximate surface area is 107 Å². The summed E-state index contributed by atoms with van der Waals surface area (Å²) in [6.45, 7) is 3.57. The van der Waals surface area contributed by atoms with Crippen molar-refractivity contribution in [1.82, 2.24) is 5.32 Å². The van der Waals surface area contributed by atoms with Gasteiger partial charge in [-0.2, -0.15) is 0 Å². The fourth-order valence-corrected chi connectivity index (χ4v) is 1.73. The quantitative estimate of drug-likeness (QED) is 0.228. The van der Waals surface area contributed by atoms with Crippen molar-refractivity contribution in [3.05, 3.63) is 35.1 Å². The SMILES string of the molecule is Cc1cc(F)ccc1CCNCCCC(N)=NO. The van der Waals surface area contributed by atoms with Crippen molar-refractivity contribution in [1.29, 1.82) is 0 Å². The first-order valence-electron chi connectivity index (χ1n) is 6.05. The van der Waals surface area contributed by atoms with Gasteiger partial charge in [0.2, 0.25) is 0 Å². The number of oxime groups is 1. The molecule has 0 unspecified atom stereocenters. The van der Waals surface area contributed by atoms with Crippen LogP contribution >= 0.6 is 0 Å². The predicted molar refractivity (Wildman–Crippen MR) is 70.4 cm³/mol. The van der Waals surface area contributed by atoms with Gasteiger partial charge in [-0.3, -0.25) is 0 Å². The molecule has 0 fully saturated rings. The molecule has 0 aliphatic heterocycles. The molecule has 0 amide bonds. The standard InChI is InChI=1S/C13H20FN3O/c1-10-9-12(14)5-4-11(10)6-8-16-7-2-3-13(15)17-18/h4-5,9,16,18H,2-3,6-8H2,1H3,(H2,15,17). The smallest absolute Gasteiger partial charge is 0.139 e.